The van der Waals surface area contributed by atoms with E-state index in [4.69, 9.17) is 30.9 Å². The number of imide groups is 1. The number of piperazine rings is 1. The molecule has 3 aliphatic heterocycles. The SMILES string of the molecule is Cc1nn(C)c(C)c1-c1c(Cl)ccc2c(CCCOc3cccc4cc(F)ccc34)c(C(=O)OC(C)(C)C)n(CCN3CCN(C(=O)COc4cc(NCc5ccccc5)cc5c4CN(C4CCC(=O)NC4=O)C5=O)CC3)c12. The molecule has 4 amide bonds. The molecule has 18 heteroatoms. The van der Waals surface area contributed by atoms with Gasteiger partial charge in [0, 0.05) is 104 Å². The molecule has 0 spiro atoms. The van der Waals surface area contributed by atoms with Crippen molar-refractivity contribution in [1.29, 1.82) is 0 Å². The molecule has 78 heavy (non-hydrogen) atoms. The van der Waals surface area contributed by atoms with Crippen LogP contribution >= 0.6 is 11.6 Å². The second kappa shape index (κ2) is 22.3. The quantitative estimate of drug-likeness (QED) is 0.0507. The van der Waals surface area contributed by atoms with Gasteiger partial charge in [0.2, 0.25) is 11.8 Å². The first kappa shape index (κ1) is 53.6. The summed E-state index contributed by atoms with van der Waals surface area (Å²) < 4.78 is 36.9. The number of anilines is 1. The van der Waals surface area contributed by atoms with Crippen LogP contribution in [0.15, 0.2) is 91.0 Å². The molecular formula is C60H64ClFN8O8. The van der Waals surface area contributed by atoms with Crippen LogP contribution in [0, 0.1) is 19.7 Å². The summed E-state index contributed by atoms with van der Waals surface area (Å²) in [5.41, 5.74) is 7.22. The lowest BCUT2D eigenvalue weighted by molar-refractivity contribution is -0.137. The number of amides is 4. The van der Waals surface area contributed by atoms with Crippen molar-refractivity contribution < 1.29 is 42.6 Å². The van der Waals surface area contributed by atoms with Crippen LogP contribution in [0.4, 0.5) is 10.1 Å². The molecule has 5 heterocycles. The lowest BCUT2D eigenvalue weighted by Gasteiger charge is -2.35. The Morgan fingerprint density at radius 2 is 1.64 bits per heavy atom. The van der Waals surface area contributed by atoms with Crippen LogP contribution in [0.1, 0.15) is 89.0 Å². The van der Waals surface area contributed by atoms with Gasteiger partial charge in [-0.25, -0.2) is 9.18 Å². The molecule has 2 N–H and O–H groups in total. The van der Waals surface area contributed by atoms with Gasteiger partial charge in [-0.05, 0) is 107 Å². The Labute approximate surface area is 457 Å². The number of piperidine rings is 1. The van der Waals surface area contributed by atoms with Crippen LogP contribution in [0.5, 0.6) is 11.5 Å². The summed E-state index contributed by atoms with van der Waals surface area (Å²) in [5, 5.41) is 13.4. The molecule has 7 aromatic rings. The van der Waals surface area contributed by atoms with E-state index in [1.54, 1.807) is 23.1 Å². The number of rotatable bonds is 17. The Morgan fingerprint density at radius 3 is 2.37 bits per heavy atom. The number of benzene rings is 5. The molecule has 2 aromatic heterocycles. The minimum absolute atomic E-state index is 0.0922. The smallest absolute Gasteiger partial charge is 0.355 e. The monoisotopic (exact) mass is 1080 g/mol. The number of nitrogens with zero attached hydrogens (tertiary/aromatic N) is 6. The van der Waals surface area contributed by atoms with Gasteiger partial charge < -0.3 is 33.9 Å². The van der Waals surface area contributed by atoms with Crippen molar-refractivity contribution in [3.63, 3.8) is 0 Å². The van der Waals surface area contributed by atoms with Gasteiger partial charge in [-0.1, -0.05) is 60.1 Å². The lowest BCUT2D eigenvalue weighted by atomic mass is 9.98. The molecule has 406 valence electrons. The summed E-state index contributed by atoms with van der Waals surface area (Å²) in [6.07, 6.45) is 1.36. The van der Waals surface area contributed by atoms with Crippen molar-refractivity contribution in [3.8, 4) is 22.6 Å². The largest absolute Gasteiger partial charge is 0.493 e. The van der Waals surface area contributed by atoms with Gasteiger partial charge in [0.25, 0.3) is 11.8 Å². The average molecular weight is 1080 g/mol. The number of esters is 1. The normalized spacial score (nSPS) is 16.0. The Hall–Kier alpha value is -7.76. The molecule has 10 rings (SSSR count). The number of hydrogen-bond donors (Lipinski definition) is 2. The fourth-order valence-corrected chi connectivity index (χ4v) is 11.3. The highest BCUT2D eigenvalue weighted by Gasteiger charge is 2.41. The third kappa shape index (κ3) is 11.2. The van der Waals surface area contributed by atoms with Gasteiger partial charge in [0.15, 0.2) is 6.61 Å². The lowest BCUT2D eigenvalue weighted by Crippen LogP contribution is -2.52. The first-order valence-corrected chi connectivity index (χ1v) is 26.9. The summed E-state index contributed by atoms with van der Waals surface area (Å²) in [5.74, 6) is -1.21. The third-order valence-electron chi connectivity index (χ3n) is 14.9. The van der Waals surface area contributed by atoms with Crippen LogP contribution in [-0.4, -0.2) is 116 Å². The van der Waals surface area contributed by atoms with Gasteiger partial charge in [-0.2, -0.15) is 5.10 Å². The first-order chi connectivity index (χ1) is 37.4. The van der Waals surface area contributed by atoms with Crippen LogP contribution in [0.25, 0.3) is 32.8 Å². The van der Waals surface area contributed by atoms with Gasteiger partial charge >= 0.3 is 5.97 Å². The second-order valence-corrected chi connectivity index (χ2v) is 21.7. The maximum absolute atomic E-state index is 14.7. The van der Waals surface area contributed by atoms with Gasteiger partial charge in [-0.3, -0.25) is 34.1 Å². The molecule has 1 unspecified atom stereocenters. The van der Waals surface area contributed by atoms with Crippen LogP contribution in [0.2, 0.25) is 5.02 Å². The number of carbonyl (C=O) groups is 5. The minimum Gasteiger partial charge on any atom is -0.493 e. The molecule has 1 atom stereocenters. The molecule has 0 bridgehead atoms. The number of aromatic nitrogens is 3. The molecule has 2 fully saturated rings. The van der Waals surface area contributed by atoms with E-state index in [-0.39, 0.29) is 49.5 Å². The van der Waals surface area contributed by atoms with Crippen molar-refractivity contribution in [1.82, 2.24) is 34.4 Å². The summed E-state index contributed by atoms with van der Waals surface area (Å²) in [6, 6.07) is 26.6. The van der Waals surface area contributed by atoms with Crippen LogP contribution in [-0.2, 0) is 52.2 Å². The van der Waals surface area contributed by atoms with E-state index in [9.17, 15) is 28.4 Å². The maximum atomic E-state index is 14.7. The van der Waals surface area contributed by atoms with E-state index < -0.39 is 23.5 Å². The molecular weight excluding hydrogens is 1020 g/mol. The Bertz CT molecular complexity index is 3490. The molecule has 5 aromatic carbocycles. The van der Waals surface area contributed by atoms with Gasteiger partial charge in [0.1, 0.15) is 34.7 Å². The van der Waals surface area contributed by atoms with E-state index in [1.165, 1.54) is 17.0 Å². The summed E-state index contributed by atoms with van der Waals surface area (Å²) >= 11 is 7.24. The van der Waals surface area contributed by atoms with Crippen LogP contribution in [0.3, 0.4) is 0 Å². The van der Waals surface area contributed by atoms with Crippen molar-refractivity contribution in [2.45, 2.75) is 91.6 Å². The molecule has 0 radical (unpaired) electrons. The summed E-state index contributed by atoms with van der Waals surface area (Å²) in [7, 11) is 1.90. The minimum atomic E-state index is -0.812. The molecule has 0 aliphatic carbocycles. The highest BCUT2D eigenvalue weighted by molar-refractivity contribution is 6.35. The van der Waals surface area contributed by atoms with Crippen molar-refractivity contribution in [2.24, 2.45) is 7.05 Å². The van der Waals surface area contributed by atoms with E-state index in [0.717, 1.165) is 55.3 Å². The Balaban J connectivity index is 0.877. The molecule has 3 aliphatic rings. The number of aryl methyl sites for hydroxylation is 3. The van der Waals surface area contributed by atoms with Gasteiger partial charge in [0.05, 0.1) is 34.9 Å². The molecule has 0 saturated carbocycles. The Kier molecular flexibility index (Phi) is 15.3. The fourth-order valence-electron chi connectivity index (χ4n) is 11.0. The zero-order valence-electron chi connectivity index (χ0n) is 44.8. The fraction of sp³-hybridized carbons (Fsp3) is 0.367. The van der Waals surface area contributed by atoms with Crippen molar-refractivity contribution >= 4 is 68.6 Å². The number of halogens is 2. The molecule has 16 nitrogen and oxygen atoms in total. The second-order valence-electron chi connectivity index (χ2n) is 21.3. The van der Waals surface area contributed by atoms with E-state index in [2.05, 4.69) is 20.1 Å². The highest BCUT2D eigenvalue weighted by atomic mass is 35.5. The topological polar surface area (TPSA) is 170 Å². The number of nitrogens with one attached hydrogen (secondary N) is 2. The first-order valence-electron chi connectivity index (χ1n) is 26.5. The number of hydrogen-bond acceptors (Lipinski definition) is 11. The molecule has 2 saturated heterocycles. The number of ether oxygens (including phenoxy) is 3. The zero-order valence-corrected chi connectivity index (χ0v) is 45.6. The van der Waals surface area contributed by atoms with Crippen LogP contribution < -0.4 is 20.1 Å². The zero-order chi connectivity index (χ0) is 55.0. The summed E-state index contributed by atoms with van der Waals surface area (Å²) in [4.78, 5) is 73.1. The van der Waals surface area contributed by atoms with Crippen molar-refractivity contribution in [2.75, 3.05) is 51.3 Å². The predicted octanol–water partition coefficient (Wildman–Crippen LogP) is 9.17. The standard InChI is InChI=1S/C60H64ClFN8O8/c1-36-53(37(2)66(6)65-36)54-47(61)20-19-44-43(15-11-29-76-49-16-10-14-39-30-40(62)17-18-42(39)49)56(59(75)78-60(3,4)5)69(55(44)54)28-25-67-23-26-68(27-24-67)52(72)35-77-50-32-41(63-33-38-12-8-7-9-13-38)31-45-46(50)34-70(58(45)74)48-21-22-51(71)64-57(48)73/h7-10,12-14,16-20,30-32,48,63H,11,15,21-29,33-35H2,1-6H3,(H,64,71,73). The summed E-state index contributed by atoms with van der Waals surface area (Å²) in [6.45, 7) is 13.0. The number of carbonyl (C=O) groups excluding carboxylic acids is 5. The predicted molar refractivity (Wildman–Crippen MR) is 296 cm³/mol. The van der Waals surface area contributed by atoms with E-state index in [0.29, 0.717) is 104 Å². The highest BCUT2D eigenvalue weighted by Crippen LogP contribution is 2.43. The Morgan fingerprint density at radius 1 is 0.872 bits per heavy atom. The van der Waals surface area contributed by atoms with Crippen molar-refractivity contribution in [3.05, 3.63) is 141 Å². The van der Waals surface area contributed by atoms with Gasteiger partial charge in [-0.15, -0.1) is 0 Å². The van der Waals surface area contributed by atoms with E-state index in [1.807, 2.05) is 107 Å². The van der Waals surface area contributed by atoms with E-state index >= 15 is 0 Å². The average Bonchev–Trinajstić information content (AvgIpc) is 4.08. The maximum Gasteiger partial charge on any atom is 0.355 e. The third-order valence-corrected chi connectivity index (χ3v) is 15.2. The number of fused-ring (bicyclic) bond motifs is 3.